The highest BCUT2D eigenvalue weighted by Gasteiger charge is 2.53. The molecule has 0 bridgehead atoms. The molecular weight excluding hydrogens is 1030 g/mol. The molecule has 16 rings (SSSR count). The molecule has 4 heterocycles. The van der Waals surface area contributed by atoms with E-state index in [2.05, 4.69) is 319 Å². The maximum atomic E-state index is 5.52. The van der Waals surface area contributed by atoms with Crippen molar-refractivity contribution < 1.29 is 0 Å². The summed E-state index contributed by atoms with van der Waals surface area (Å²) >= 11 is 0. The smallest absolute Gasteiger partial charge is 0.240 e. The van der Waals surface area contributed by atoms with Crippen LogP contribution in [0.3, 0.4) is 0 Å². The van der Waals surface area contributed by atoms with Crippen LogP contribution in [0.2, 0.25) is 0 Å². The molecule has 7 heteroatoms. The second kappa shape index (κ2) is 19.2. The molecule has 0 saturated heterocycles. The van der Waals surface area contributed by atoms with E-state index in [1.807, 2.05) is 0 Å². The summed E-state index contributed by atoms with van der Waals surface area (Å²) in [7, 11) is -6.50. The lowest BCUT2D eigenvalue weighted by molar-refractivity contribution is 0.893. The zero-order valence-corrected chi connectivity index (χ0v) is 46.7. The molecule has 0 saturated carbocycles. The number of aromatic nitrogens is 5. The van der Waals surface area contributed by atoms with Gasteiger partial charge >= 0.3 is 0 Å². The Morgan fingerprint density at radius 1 is 0.232 bits per heavy atom. The molecule has 0 N–H and O–H groups in total. The van der Waals surface area contributed by atoms with Gasteiger partial charge in [-0.05, 0) is 94.1 Å². The Morgan fingerprint density at radius 2 is 0.573 bits per heavy atom. The van der Waals surface area contributed by atoms with Crippen LogP contribution in [-0.2, 0) is 0 Å². The normalized spacial score (nSPS) is 13.3. The highest BCUT2D eigenvalue weighted by atomic mass is 28.3. The molecule has 5 nitrogen and oxygen atoms in total. The molecule has 0 atom stereocenters. The quantitative estimate of drug-likeness (QED) is 0.143. The van der Waals surface area contributed by atoms with Crippen molar-refractivity contribution in [1.29, 1.82) is 0 Å². The topological polar surface area (TPSA) is 48.5 Å². The van der Waals surface area contributed by atoms with Gasteiger partial charge < -0.3 is 0 Å². The molecule has 12 aromatic carbocycles. The van der Waals surface area contributed by atoms with Gasteiger partial charge in [0.1, 0.15) is 0 Å². The molecule has 0 unspecified atom stereocenters. The van der Waals surface area contributed by atoms with Crippen LogP contribution in [0.25, 0.3) is 89.2 Å². The Bertz CT molecular complexity index is 4620. The summed E-state index contributed by atoms with van der Waals surface area (Å²) in [6, 6.07) is 115. The van der Waals surface area contributed by atoms with Gasteiger partial charge in [-0.25, -0.2) is 0 Å². The lowest BCUT2D eigenvalue weighted by atomic mass is 10.0. The predicted octanol–water partition coefficient (Wildman–Crippen LogP) is 12.1. The molecule has 0 fully saturated rings. The summed E-state index contributed by atoms with van der Waals surface area (Å²) in [6.07, 6.45) is 0. The summed E-state index contributed by atoms with van der Waals surface area (Å²) in [5, 5.41) is 15.5. The summed E-state index contributed by atoms with van der Waals surface area (Å²) in [5.41, 5.74) is 9.79. The minimum absolute atomic E-state index is 0.550. The first kappa shape index (κ1) is 47.7. The fourth-order valence-corrected chi connectivity index (χ4v) is 25.1. The van der Waals surface area contributed by atoms with Crippen LogP contribution in [0, 0.1) is 0 Å². The number of hydrogen-bond acceptors (Lipinski definition) is 3. The lowest BCUT2D eigenvalue weighted by Gasteiger charge is -2.45. The predicted molar refractivity (Wildman–Crippen MR) is 346 cm³/mol. The van der Waals surface area contributed by atoms with Crippen molar-refractivity contribution in [2.75, 3.05) is 0 Å². The van der Waals surface area contributed by atoms with Gasteiger partial charge in [-0.2, -0.15) is 15.0 Å². The van der Waals surface area contributed by atoms with Gasteiger partial charge in [-0.15, -0.1) is 0 Å². The van der Waals surface area contributed by atoms with E-state index in [1.54, 1.807) is 0 Å². The first-order valence-corrected chi connectivity index (χ1v) is 32.1. The second-order valence-electron chi connectivity index (χ2n) is 21.4. The van der Waals surface area contributed by atoms with Crippen molar-refractivity contribution in [3.05, 3.63) is 309 Å². The Labute approximate surface area is 477 Å². The molecule has 15 aromatic rings. The zero-order chi connectivity index (χ0) is 54.2. The second-order valence-corrected chi connectivity index (χ2v) is 28.9. The number of nitrogens with zero attached hydrogens (tertiary/aromatic N) is 5. The van der Waals surface area contributed by atoms with Gasteiger partial charge in [-0.3, -0.25) is 9.13 Å². The minimum Gasteiger partial charge on any atom is -0.278 e. The van der Waals surface area contributed by atoms with Crippen molar-refractivity contribution >= 4 is 101 Å². The van der Waals surface area contributed by atoms with Crippen LogP contribution in [0.5, 0.6) is 0 Å². The number of hydrogen-bond donors (Lipinski definition) is 0. The molecule has 0 aliphatic carbocycles. The summed E-state index contributed by atoms with van der Waals surface area (Å²) in [5.74, 6) is 1.68. The third kappa shape index (κ3) is 7.13. The molecule has 1 aliphatic rings. The Kier molecular flexibility index (Phi) is 11.2. The fraction of sp³-hybridized carbons (Fsp3) is 0. The molecule has 384 valence electrons. The first-order valence-electron chi connectivity index (χ1n) is 28.1. The minimum atomic E-state index is -3.29. The van der Waals surface area contributed by atoms with E-state index < -0.39 is 16.1 Å². The van der Waals surface area contributed by atoms with Crippen LogP contribution >= 0.6 is 0 Å². The molecule has 3 aromatic heterocycles. The van der Waals surface area contributed by atoms with Crippen molar-refractivity contribution in [3.63, 3.8) is 0 Å². The maximum absolute atomic E-state index is 5.52. The first-order chi connectivity index (χ1) is 40.7. The van der Waals surface area contributed by atoms with E-state index >= 15 is 0 Å². The van der Waals surface area contributed by atoms with Gasteiger partial charge in [0.2, 0.25) is 11.9 Å². The average Bonchev–Trinajstić information content (AvgIpc) is 2.08. The third-order valence-corrected chi connectivity index (χ3v) is 27.2. The SMILES string of the molecule is c1ccc([Si]2(c3ccccc3)c3ccccc3-c3ccccc3[Si](c3ccccc3)(c3ccccc3)c3cc(-c4cccc(-c5nc(-n6c7ccccc7c7ccccc76)nc(-n6c7ccccc7c7ccccc76)n5)c4)ccc32)cc1. The third-order valence-electron chi connectivity index (χ3n) is 17.2. The van der Waals surface area contributed by atoms with Crippen LogP contribution < -0.4 is 41.5 Å². The van der Waals surface area contributed by atoms with Gasteiger partial charge in [0.05, 0.1) is 22.1 Å². The standard InChI is InChI=1S/C75H51N5Si2/c1-5-28-55(29-6-1)81(56-30-7-2-8-31-56)69-46-23-17-40-63(69)64-41-18-24-47-70(64)82(57-32-9-3-10-33-57,58-34-11-4-12-35-58)72-51-53(48-49-71(72)81)52-26-25-27-54(50-52)73-76-74(79-65-42-19-13-36-59(65)60-37-14-20-43-66(60)79)78-75(77-73)80-67-44-21-15-38-61(67)62-39-16-22-45-68(62)80/h1-51H. The van der Waals surface area contributed by atoms with E-state index in [9.17, 15) is 0 Å². The number of benzene rings is 12. The largest absolute Gasteiger partial charge is 0.278 e. The van der Waals surface area contributed by atoms with Crippen LogP contribution in [0.4, 0.5) is 0 Å². The van der Waals surface area contributed by atoms with Crippen molar-refractivity contribution in [3.8, 4) is 45.5 Å². The Balaban J connectivity index is 0.999. The van der Waals surface area contributed by atoms with E-state index in [4.69, 9.17) is 15.0 Å². The van der Waals surface area contributed by atoms with Crippen molar-refractivity contribution in [1.82, 2.24) is 24.1 Å². The van der Waals surface area contributed by atoms with E-state index in [1.165, 1.54) is 52.6 Å². The average molecular weight is 1080 g/mol. The lowest BCUT2D eigenvalue weighted by Crippen LogP contribution is -2.86. The van der Waals surface area contributed by atoms with Crippen molar-refractivity contribution in [2.45, 2.75) is 0 Å². The number of rotatable bonds is 8. The van der Waals surface area contributed by atoms with E-state index in [0.29, 0.717) is 17.7 Å². The highest BCUT2D eigenvalue weighted by molar-refractivity contribution is 7.28. The summed E-state index contributed by atoms with van der Waals surface area (Å²) < 4.78 is 4.41. The monoisotopic (exact) mass is 1080 g/mol. The van der Waals surface area contributed by atoms with Gasteiger partial charge in [0, 0.05) is 27.1 Å². The van der Waals surface area contributed by atoms with Crippen LogP contribution in [0.15, 0.2) is 309 Å². The maximum Gasteiger partial charge on any atom is 0.240 e. The highest BCUT2D eigenvalue weighted by Crippen LogP contribution is 2.36. The van der Waals surface area contributed by atoms with Crippen LogP contribution in [0.1, 0.15) is 0 Å². The number of para-hydroxylation sites is 4. The van der Waals surface area contributed by atoms with Gasteiger partial charge in [0.25, 0.3) is 0 Å². The van der Waals surface area contributed by atoms with Gasteiger partial charge in [0.15, 0.2) is 22.0 Å². The van der Waals surface area contributed by atoms with Crippen LogP contribution in [-0.4, -0.2) is 40.2 Å². The fourth-order valence-electron chi connectivity index (χ4n) is 13.9. The Hall–Kier alpha value is -10.3. The molecular formula is C75H51N5Si2. The molecule has 82 heavy (non-hydrogen) atoms. The van der Waals surface area contributed by atoms with Crippen molar-refractivity contribution in [2.24, 2.45) is 0 Å². The molecule has 0 amide bonds. The number of fused-ring (bicyclic) bond motifs is 10. The molecule has 0 radical (unpaired) electrons. The van der Waals surface area contributed by atoms with Gasteiger partial charge in [-0.1, -0.05) is 279 Å². The summed E-state index contributed by atoms with van der Waals surface area (Å²) in [6.45, 7) is 0. The zero-order valence-electron chi connectivity index (χ0n) is 44.7. The van der Waals surface area contributed by atoms with E-state index in [-0.39, 0.29) is 0 Å². The molecule has 1 aliphatic heterocycles. The Morgan fingerprint density at radius 3 is 1.00 bits per heavy atom. The van der Waals surface area contributed by atoms with E-state index in [0.717, 1.165) is 60.3 Å². The summed E-state index contributed by atoms with van der Waals surface area (Å²) in [4.78, 5) is 16.5. The molecule has 0 spiro atoms.